The number of nitrogens with zero attached hydrogens (tertiary/aromatic N) is 3. The van der Waals surface area contributed by atoms with E-state index in [0.717, 1.165) is 23.0 Å². The highest BCUT2D eigenvalue weighted by atomic mass is 32.2. The second-order valence-electron chi connectivity index (χ2n) is 5.78. The summed E-state index contributed by atoms with van der Waals surface area (Å²) in [5.41, 5.74) is 1.41. The van der Waals surface area contributed by atoms with Crippen LogP contribution in [-0.4, -0.2) is 23.2 Å². The molecule has 4 aromatic rings. The van der Waals surface area contributed by atoms with Crippen molar-refractivity contribution in [2.45, 2.75) is 18.4 Å². The van der Waals surface area contributed by atoms with E-state index in [0.29, 0.717) is 17.6 Å². The van der Waals surface area contributed by atoms with Crippen molar-refractivity contribution in [3.8, 4) is 0 Å². The van der Waals surface area contributed by atoms with Crippen LogP contribution in [0.25, 0.3) is 21.9 Å². The Morgan fingerprint density at radius 2 is 1.85 bits per heavy atom. The number of pyridine rings is 1. The van der Waals surface area contributed by atoms with Crippen molar-refractivity contribution in [2.24, 2.45) is 0 Å². The van der Waals surface area contributed by atoms with E-state index in [1.165, 1.54) is 12.1 Å². The van der Waals surface area contributed by atoms with E-state index in [2.05, 4.69) is 14.8 Å². The third kappa shape index (κ3) is 2.78. The number of aromatic nitrogens is 3. The molecule has 0 aliphatic carbocycles. The number of fused-ring (bicyclic) bond motifs is 2. The lowest BCUT2D eigenvalue weighted by molar-refractivity contribution is 0.599. The monoisotopic (exact) mass is 370 g/mol. The SMILES string of the molecule is CCn1nc(NS(=O)(=O)c2ccc(F)cc2)c2cc3ccccc3nc21. The summed E-state index contributed by atoms with van der Waals surface area (Å²) in [6.45, 7) is 2.45. The number of aryl methyl sites for hydroxylation is 1. The van der Waals surface area contributed by atoms with Gasteiger partial charge in [-0.25, -0.2) is 22.5 Å². The van der Waals surface area contributed by atoms with E-state index in [-0.39, 0.29) is 10.7 Å². The first-order chi connectivity index (χ1) is 12.5. The molecule has 0 fully saturated rings. The Labute approximate surface area is 149 Å². The minimum absolute atomic E-state index is 0.0353. The first-order valence-corrected chi connectivity index (χ1v) is 9.51. The minimum Gasteiger partial charge on any atom is -0.261 e. The first kappa shape index (κ1) is 16.5. The number of hydrogen-bond acceptors (Lipinski definition) is 4. The lowest BCUT2D eigenvalue weighted by Gasteiger charge is -2.06. The average molecular weight is 370 g/mol. The Morgan fingerprint density at radius 3 is 2.58 bits per heavy atom. The largest absolute Gasteiger partial charge is 0.263 e. The van der Waals surface area contributed by atoms with Gasteiger partial charge in [-0.15, -0.1) is 0 Å². The smallest absolute Gasteiger partial charge is 0.261 e. The molecular formula is C18H15FN4O2S. The number of rotatable bonds is 4. The minimum atomic E-state index is -3.89. The fourth-order valence-corrected chi connectivity index (χ4v) is 3.81. The van der Waals surface area contributed by atoms with Crippen LogP contribution in [0.15, 0.2) is 59.5 Å². The summed E-state index contributed by atoms with van der Waals surface area (Å²) in [5.74, 6) is -0.301. The van der Waals surface area contributed by atoms with Gasteiger partial charge in [0.1, 0.15) is 5.82 Å². The molecule has 132 valence electrons. The lowest BCUT2D eigenvalue weighted by Crippen LogP contribution is -2.13. The van der Waals surface area contributed by atoms with Crippen LogP contribution in [0.2, 0.25) is 0 Å². The second kappa shape index (κ2) is 6.06. The quantitative estimate of drug-likeness (QED) is 0.596. The summed E-state index contributed by atoms with van der Waals surface area (Å²) in [6.07, 6.45) is 0. The maximum absolute atomic E-state index is 13.1. The summed E-state index contributed by atoms with van der Waals surface area (Å²) in [4.78, 5) is 4.56. The Hall–Kier alpha value is -3.00. The van der Waals surface area contributed by atoms with Gasteiger partial charge in [-0.3, -0.25) is 4.72 Å². The maximum Gasteiger partial charge on any atom is 0.263 e. The van der Waals surface area contributed by atoms with E-state index in [9.17, 15) is 12.8 Å². The molecule has 0 unspecified atom stereocenters. The molecule has 0 spiro atoms. The van der Waals surface area contributed by atoms with Crippen molar-refractivity contribution >= 4 is 37.8 Å². The Kier molecular flexibility index (Phi) is 3.84. The number of nitrogens with one attached hydrogen (secondary N) is 1. The molecule has 0 aliphatic rings. The van der Waals surface area contributed by atoms with Crippen molar-refractivity contribution in [3.63, 3.8) is 0 Å². The predicted octanol–water partition coefficient (Wildman–Crippen LogP) is 3.54. The summed E-state index contributed by atoms with van der Waals surface area (Å²) in [7, 11) is -3.89. The van der Waals surface area contributed by atoms with Gasteiger partial charge in [-0.2, -0.15) is 5.10 Å². The topological polar surface area (TPSA) is 76.9 Å². The molecule has 8 heteroatoms. The summed E-state index contributed by atoms with van der Waals surface area (Å²) < 4.78 is 42.4. The molecular weight excluding hydrogens is 355 g/mol. The first-order valence-electron chi connectivity index (χ1n) is 8.02. The van der Waals surface area contributed by atoms with E-state index in [1.807, 2.05) is 37.3 Å². The zero-order chi connectivity index (χ0) is 18.3. The van der Waals surface area contributed by atoms with Crippen molar-refractivity contribution in [2.75, 3.05) is 4.72 Å². The number of sulfonamides is 1. The van der Waals surface area contributed by atoms with Gasteiger partial charge in [0, 0.05) is 11.9 Å². The fourth-order valence-electron chi connectivity index (χ4n) is 2.79. The molecule has 1 N–H and O–H groups in total. The second-order valence-corrected chi connectivity index (χ2v) is 7.46. The highest BCUT2D eigenvalue weighted by Gasteiger charge is 2.20. The molecule has 0 amide bonds. The van der Waals surface area contributed by atoms with Crippen molar-refractivity contribution < 1.29 is 12.8 Å². The van der Waals surface area contributed by atoms with Gasteiger partial charge in [-0.1, -0.05) is 18.2 Å². The Balaban J connectivity index is 1.85. The van der Waals surface area contributed by atoms with Crippen molar-refractivity contribution in [1.82, 2.24) is 14.8 Å². The number of hydrogen-bond donors (Lipinski definition) is 1. The number of halogens is 1. The molecule has 2 heterocycles. The molecule has 2 aromatic carbocycles. The summed E-state index contributed by atoms with van der Waals surface area (Å²) >= 11 is 0. The number of benzene rings is 2. The van der Waals surface area contributed by atoms with E-state index in [4.69, 9.17) is 0 Å². The fraction of sp³-hybridized carbons (Fsp3) is 0.111. The van der Waals surface area contributed by atoms with Crippen LogP contribution in [0.5, 0.6) is 0 Å². The van der Waals surface area contributed by atoms with Crippen molar-refractivity contribution in [1.29, 1.82) is 0 Å². The molecule has 26 heavy (non-hydrogen) atoms. The highest BCUT2D eigenvalue weighted by Crippen LogP contribution is 2.27. The van der Waals surface area contributed by atoms with Crippen LogP contribution in [0.4, 0.5) is 10.2 Å². The van der Waals surface area contributed by atoms with Crippen molar-refractivity contribution in [3.05, 3.63) is 60.4 Å². The molecule has 0 atom stereocenters. The highest BCUT2D eigenvalue weighted by molar-refractivity contribution is 7.92. The Bertz CT molecular complexity index is 1220. The molecule has 4 rings (SSSR count). The third-order valence-electron chi connectivity index (χ3n) is 4.08. The summed E-state index contributed by atoms with van der Waals surface area (Å²) in [5, 5.41) is 5.84. The molecule has 2 aromatic heterocycles. The van der Waals surface area contributed by atoms with Crippen LogP contribution >= 0.6 is 0 Å². The van der Waals surface area contributed by atoms with E-state index < -0.39 is 15.8 Å². The normalized spacial score (nSPS) is 11.9. The molecule has 0 radical (unpaired) electrons. The number of anilines is 1. The molecule has 0 aliphatic heterocycles. The van der Waals surface area contributed by atoms with Crippen LogP contribution in [-0.2, 0) is 16.6 Å². The van der Waals surface area contributed by atoms with Gasteiger partial charge in [-0.05, 0) is 43.3 Å². The molecule has 6 nitrogen and oxygen atoms in total. The third-order valence-corrected chi connectivity index (χ3v) is 5.43. The zero-order valence-corrected chi connectivity index (χ0v) is 14.7. The van der Waals surface area contributed by atoms with Crippen LogP contribution in [0.3, 0.4) is 0 Å². The van der Waals surface area contributed by atoms with Gasteiger partial charge >= 0.3 is 0 Å². The summed E-state index contributed by atoms with van der Waals surface area (Å²) in [6, 6.07) is 14.1. The zero-order valence-electron chi connectivity index (χ0n) is 13.8. The van der Waals surface area contributed by atoms with Crippen LogP contribution in [0.1, 0.15) is 6.92 Å². The number of para-hydroxylation sites is 1. The van der Waals surface area contributed by atoms with Gasteiger partial charge in [0.25, 0.3) is 10.0 Å². The molecule has 0 saturated heterocycles. The Morgan fingerprint density at radius 1 is 1.12 bits per heavy atom. The maximum atomic E-state index is 13.1. The average Bonchev–Trinajstić information content (AvgIpc) is 2.96. The molecule has 0 bridgehead atoms. The van der Waals surface area contributed by atoms with Gasteiger partial charge in [0.2, 0.25) is 0 Å². The lowest BCUT2D eigenvalue weighted by atomic mass is 10.2. The van der Waals surface area contributed by atoms with Crippen LogP contribution < -0.4 is 4.72 Å². The van der Waals surface area contributed by atoms with E-state index in [1.54, 1.807) is 4.68 Å². The van der Waals surface area contributed by atoms with Crippen LogP contribution in [0, 0.1) is 5.82 Å². The molecule has 0 saturated carbocycles. The van der Waals surface area contributed by atoms with E-state index >= 15 is 0 Å². The standard InChI is InChI=1S/C18H15FN4O2S/c1-2-23-18-15(11-12-5-3-4-6-16(12)20-18)17(21-23)22-26(24,25)14-9-7-13(19)8-10-14/h3-11H,2H2,1H3,(H,21,22). The van der Waals surface area contributed by atoms with Gasteiger partial charge in [0.15, 0.2) is 11.5 Å². The van der Waals surface area contributed by atoms with Gasteiger partial charge < -0.3 is 0 Å². The van der Waals surface area contributed by atoms with Gasteiger partial charge in [0.05, 0.1) is 15.8 Å². The predicted molar refractivity (Wildman–Crippen MR) is 97.9 cm³/mol.